The van der Waals surface area contributed by atoms with Crippen molar-refractivity contribution in [3.8, 4) is 0 Å². The lowest BCUT2D eigenvalue weighted by atomic mass is 9.48. The first kappa shape index (κ1) is 21.2. The average Bonchev–Trinajstić information content (AvgIpc) is 2.95. The van der Waals surface area contributed by atoms with E-state index in [1.165, 1.54) is 51.4 Å². The average molecular weight is 391 g/mol. The molecule has 0 heterocycles. The van der Waals surface area contributed by atoms with Crippen molar-refractivity contribution in [2.75, 3.05) is 0 Å². The Morgan fingerprint density at radius 3 is 2.36 bits per heavy atom. The van der Waals surface area contributed by atoms with Crippen molar-refractivity contribution in [3.05, 3.63) is 0 Å². The molecule has 4 saturated carbocycles. The Morgan fingerprint density at radius 1 is 0.929 bits per heavy atom. The number of hydrogen-bond acceptors (Lipinski definition) is 2. The molecule has 0 bridgehead atoms. The van der Waals surface area contributed by atoms with Crippen LogP contribution in [-0.4, -0.2) is 21.4 Å². The normalized spacial score (nSPS) is 49.8. The van der Waals surface area contributed by atoms with Crippen LogP contribution in [0.25, 0.3) is 0 Å². The van der Waals surface area contributed by atoms with Crippen LogP contribution in [0.1, 0.15) is 105 Å². The van der Waals surface area contributed by atoms with Crippen molar-refractivity contribution in [3.63, 3.8) is 0 Å². The predicted molar refractivity (Wildman–Crippen MR) is 116 cm³/mol. The highest BCUT2D eigenvalue weighted by Crippen LogP contribution is 2.65. The second kappa shape index (κ2) is 7.26. The van der Waals surface area contributed by atoms with E-state index in [1.54, 1.807) is 0 Å². The molecule has 9 atom stereocenters. The molecule has 2 heteroatoms. The fourth-order valence-corrected chi connectivity index (χ4v) is 8.84. The van der Waals surface area contributed by atoms with Crippen molar-refractivity contribution >= 4 is 0 Å². The van der Waals surface area contributed by atoms with Gasteiger partial charge in [-0.1, -0.05) is 13.8 Å². The van der Waals surface area contributed by atoms with Gasteiger partial charge < -0.3 is 10.2 Å². The first-order valence-corrected chi connectivity index (χ1v) is 12.4. The van der Waals surface area contributed by atoms with E-state index in [9.17, 15) is 10.2 Å². The summed E-state index contributed by atoms with van der Waals surface area (Å²) in [6, 6.07) is 0. The number of aliphatic hydroxyl groups is 2. The molecule has 0 saturated heterocycles. The Hall–Kier alpha value is -0.0800. The monoisotopic (exact) mass is 390 g/mol. The molecule has 4 fully saturated rings. The van der Waals surface area contributed by atoms with E-state index in [4.69, 9.17) is 0 Å². The van der Waals surface area contributed by atoms with Crippen LogP contribution >= 0.6 is 0 Å². The Morgan fingerprint density at radius 2 is 1.64 bits per heavy atom. The lowest BCUT2D eigenvalue weighted by Crippen LogP contribution is -2.50. The molecule has 28 heavy (non-hydrogen) atoms. The molecule has 0 spiro atoms. The molecule has 0 aromatic heterocycles. The van der Waals surface area contributed by atoms with Crippen LogP contribution in [0.2, 0.25) is 0 Å². The summed E-state index contributed by atoms with van der Waals surface area (Å²) in [7, 11) is 0. The van der Waals surface area contributed by atoms with Crippen molar-refractivity contribution in [2.24, 2.45) is 46.8 Å². The maximum atomic E-state index is 10.6. The zero-order chi connectivity index (χ0) is 20.3. The van der Waals surface area contributed by atoms with E-state index in [2.05, 4.69) is 20.8 Å². The van der Waals surface area contributed by atoms with Crippen LogP contribution in [0.15, 0.2) is 0 Å². The maximum Gasteiger partial charge on any atom is 0.0622 e. The lowest BCUT2D eigenvalue weighted by Gasteiger charge is -2.57. The minimum absolute atomic E-state index is 0.397. The molecule has 0 aromatic carbocycles. The molecule has 0 aromatic rings. The van der Waals surface area contributed by atoms with Gasteiger partial charge >= 0.3 is 0 Å². The second-order valence-electron chi connectivity index (χ2n) is 12.7. The summed E-state index contributed by atoms with van der Waals surface area (Å²) in [6.45, 7) is 11.1. The quantitative estimate of drug-likeness (QED) is 0.600. The van der Waals surface area contributed by atoms with Crippen molar-refractivity contribution < 1.29 is 10.2 Å². The van der Waals surface area contributed by atoms with E-state index in [-0.39, 0.29) is 0 Å². The van der Waals surface area contributed by atoms with Gasteiger partial charge in [0.05, 0.1) is 11.2 Å². The summed E-state index contributed by atoms with van der Waals surface area (Å²) in [4.78, 5) is 0. The Labute approximate surface area is 173 Å². The zero-order valence-electron chi connectivity index (χ0n) is 19.2. The van der Waals surface area contributed by atoms with Crippen molar-refractivity contribution in [1.29, 1.82) is 0 Å². The summed E-state index contributed by atoms with van der Waals surface area (Å²) in [5.74, 6) is 6.11. The van der Waals surface area contributed by atoms with Crippen LogP contribution < -0.4 is 0 Å². The minimum atomic E-state index is -0.522. The van der Waals surface area contributed by atoms with Gasteiger partial charge in [-0.05, 0) is 138 Å². The van der Waals surface area contributed by atoms with Crippen LogP contribution in [0.3, 0.4) is 0 Å². The molecule has 0 aliphatic heterocycles. The third-order valence-corrected chi connectivity index (χ3v) is 10.2. The van der Waals surface area contributed by atoms with Gasteiger partial charge in [-0.25, -0.2) is 0 Å². The Balaban J connectivity index is 1.45. The molecule has 162 valence electrons. The van der Waals surface area contributed by atoms with Crippen LogP contribution in [-0.2, 0) is 0 Å². The number of fused-ring (bicyclic) bond motifs is 5. The molecule has 3 unspecified atom stereocenters. The maximum absolute atomic E-state index is 10.6. The number of hydrogen-bond donors (Lipinski definition) is 2. The van der Waals surface area contributed by atoms with Gasteiger partial charge in [0.15, 0.2) is 0 Å². The highest BCUT2D eigenvalue weighted by atomic mass is 16.3. The van der Waals surface area contributed by atoms with Gasteiger partial charge in [-0.2, -0.15) is 0 Å². The molecule has 0 amide bonds. The van der Waals surface area contributed by atoms with Gasteiger partial charge in [-0.3, -0.25) is 0 Å². The first-order valence-electron chi connectivity index (χ1n) is 12.4. The highest BCUT2D eigenvalue weighted by Gasteiger charge is 2.58. The molecule has 4 rings (SSSR count). The molecule has 4 aliphatic carbocycles. The first-order chi connectivity index (χ1) is 13.0. The number of rotatable bonds is 4. The topological polar surface area (TPSA) is 40.5 Å². The summed E-state index contributed by atoms with van der Waals surface area (Å²) in [5, 5.41) is 20.8. The van der Waals surface area contributed by atoms with Crippen LogP contribution in [0.4, 0.5) is 0 Å². The molecule has 2 nitrogen and oxygen atoms in total. The minimum Gasteiger partial charge on any atom is -0.390 e. The van der Waals surface area contributed by atoms with Gasteiger partial charge in [0.2, 0.25) is 0 Å². The van der Waals surface area contributed by atoms with Gasteiger partial charge in [0.25, 0.3) is 0 Å². The van der Waals surface area contributed by atoms with E-state index in [1.807, 2.05) is 13.8 Å². The van der Waals surface area contributed by atoms with E-state index in [0.29, 0.717) is 5.41 Å². The van der Waals surface area contributed by atoms with E-state index in [0.717, 1.165) is 60.7 Å². The second-order valence-corrected chi connectivity index (χ2v) is 12.7. The highest BCUT2D eigenvalue weighted by molar-refractivity contribution is 5.07. The third kappa shape index (κ3) is 3.82. The van der Waals surface area contributed by atoms with Crippen LogP contribution in [0.5, 0.6) is 0 Å². The van der Waals surface area contributed by atoms with Gasteiger partial charge in [0.1, 0.15) is 0 Å². The van der Waals surface area contributed by atoms with Crippen molar-refractivity contribution in [1.82, 2.24) is 0 Å². The fourth-order valence-electron chi connectivity index (χ4n) is 8.84. The van der Waals surface area contributed by atoms with Gasteiger partial charge in [0, 0.05) is 0 Å². The van der Waals surface area contributed by atoms with E-state index < -0.39 is 11.2 Å². The Kier molecular flexibility index (Phi) is 5.49. The fraction of sp³-hybridized carbons (Fsp3) is 1.00. The third-order valence-electron chi connectivity index (χ3n) is 10.2. The lowest BCUT2D eigenvalue weighted by molar-refractivity contribution is -0.103. The molecular formula is C26H46O2. The summed E-state index contributed by atoms with van der Waals surface area (Å²) < 4.78 is 0. The van der Waals surface area contributed by atoms with E-state index >= 15 is 0 Å². The summed E-state index contributed by atoms with van der Waals surface area (Å²) in [6.07, 6.45) is 14.0. The largest absolute Gasteiger partial charge is 0.390 e. The predicted octanol–water partition coefficient (Wildman–Crippen LogP) is 6.19. The van der Waals surface area contributed by atoms with Gasteiger partial charge in [-0.15, -0.1) is 0 Å². The molecule has 4 aliphatic rings. The molecule has 2 N–H and O–H groups in total. The zero-order valence-corrected chi connectivity index (χ0v) is 19.2. The standard InChI is InChI=1S/C26H46O2/c1-17(10-13-24(2,3)27)22-8-9-23-21-7-6-18-16-25(4,28)14-11-19(18)20(21)12-15-26(22,23)5/h17-23,27-28H,6-16H2,1-5H3/t17-,18-,19+,20?,21?,22-,23?,25-,26-/m1/s1. The molecular weight excluding hydrogens is 344 g/mol. The van der Waals surface area contributed by atoms with Crippen molar-refractivity contribution in [2.45, 2.75) is 116 Å². The summed E-state index contributed by atoms with van der Waals surface area (Å²) >= 11 is 0. The summed E-state index contributed by atoms with van der Waals surface area (Å²) in [5.41, 5.74) is -0.385. The van der Waals surface area contributed by atoms with Crippen LogP contribution in [0, 0.1) is 46.8 Å². The Bertz CT molecular complexity index is 561. The SMILES string of the molecule is C[C@H](CCC(C)(C)O)[C@H]1CCC2C3CC[C@@H]4C[C@](C)(O)CC[C@@H]4C3CC[C@@]21C. The smallest absolute Gasteiger partial charge is 0.0622 e. The molecule has 0 radical (unpaired) electrons.